The largest absolute Gasteiger partial charge is 0.310 e. The van der Waals surface area contributed by atoms with E-state index >= 15 is 0 Å². The molecule has 0 saturated heterocycles. The fourth-order valence-electron chi connectivity index (χ4n) is 2.77. The zero-order chi connectivity index (χ0) is 13.0. The number of rotatable bonds is 4. The SMILES string of the molecule is C[C@H](NCc1c(F)cccc1Cl)C1CCCCC1. The molecule has 2 rings (SSSR count). The Morgan fingerprint density at radius 2 is 2.06 bits per heavy atom. The van der Waals surface area contributed by atoms with E-state index in [4.69, 9.17) is 11.6 Å². The van der Waals surface area contributed by atoms with Gasteiger partial charge < -0.3 is 5.32 Å². The fraction of sp³-hybridized carbons (Fsp3) is 0.600. The predicted molar refractivity (Wildman–Crippen MR) is 74.3 cm³/mol. The first-order valence-electron chi connectivity index (χ1n) is 6.84. The Morgan fingerprint density at radius 3 is 2.72 bits per heavy atom. The molecule has 1 N–H and O–H groups in total. The van der Waals surface area contributed by atoms with Crippen molar-refractivity contribution in [3.05, 3.63) is 34.6 Å². The van der Waals surface area contributed by atoms with Crippen molar-refractivity contribution < 1.29 is 4.39 Å². The number of halogens is 2. The Bertz CT molecular complexity index is 368. The Kier molecular flexibility index (Phi) is 5.02. The Labute approximate surface area is 114 Å². The van der Waals surface area contributed by atoms with E-state index in [1.165, 1.54) is 38.2 Å². The molecule has 1 aliphatic rings. The fourth-order valence-corrected chi connectivity index (χ4v) is 2.99. The van der Waals surface area contributed by atoms with E-state index in [1.54, 1.807) is 12.1 Å². The van der Waals surface area contributed by atoms with Gasteiger partial charge in [-0.15, -0.1) is 0 Å². The molecule has 1 nitrogen and oxygen atoms in total. The number of hydrogen-bond acceptors (Lipinski definition) is 1. The third-order valence-corrected chi connectivity index (χ3v) is 4.37. The smallest absolute Gasteiger partial charge is 0.129 e. The maximum absolute atomic E-state index is 13.6. The molecule has 0 radical (unpaired) electrons. The van der Waals surface area contributed by atoms with Crippen LogP contribution < -0.4 is 5.32 Å². The molecule has 18 heavy (non-hydrogen) atoms. The summed E-state index contributed by atoms with van der Waals surface area (Å²) in [6.45, 7) is 2.72. The van der Waals surface area contributed by atoms with Crippen LogP contribution in [0.15, 0.2) is 18.2 Å². The van der Waals surface area contributed by atoms with Crippen LogP contribution >= 0.6 is 11.6 Å². The molecule has 0 amide bonds. The van der Waals surface area contributed by atoms with Crippen LogP contribution in [-0.4, -0.2) is 6.04 Å². The van der Waals surface area contributed by atoms with E-state index < -0.39 is 0 Å². The first-order valence-corrected chi connectivity index (χ1v) is 7.22. The summed E-state index contributed by atoms with van der Waals surface area (Å²) in [5.74, 6) is 0.509. The van der Waals surface area contributed by atoms with E-state index in [1.807, 2.05) is 0 Å². The van der Waals surface area contributed by atoms with E-state index in [0.717, 1.165) is 5.92 Å². The van der Waals surface area contributed by atoms with Crippen LogP contribution in [0.4, 0.5) is 4.39 Å². The zero-order valence-electron chi connectivity index (χ0n) is 10.9. The van der Waals surface area contributed by atoms with Crippen LogP contribution in [0.2, 0.25) is 5.02 Å². The standard InChI is InChI=1S/C15H21ClFN/c1-11(12-6-3-2-4-7-12)18-10-13-14(16)8-5-9-15(13)17/h5,8-9,11-12,18H,2-4,6-7,10H2,1H3/t11-/m0/s1. The van der Waals surface area contributed by atoms with E-state index in [9.17, 15) is 4.39 Å². The van der Waals surface area contributed by atoms with Crippen LogP contribution in [-0.2, 0) is 6.54 Å². The molecule has 1 fully saturated rings. The molecular weight excluding hydrogens is 249 g/mol. The van der Waals surface area contributed by atoms with Crippen LogP contribution in [0.25, 0.3) is 0 Å². The summed E-state index contributed by atoms with van der Waals surface area (Å²) in [6.07, 6.45) is 6.61. The molecular formula is C15H21ClFN. The normalized spacial score (nSPS) is 18.8. The van der Waals surface area contributed by atoms with Crippen LogP contribution in [0.1, 0.15) is 44.6 Å². The highest BCUT2D eigenvalue weighted by Gasteiger charge is 2.20. The highest BCUT2D eigenvalue weighted by molar-refractivity contribution is 6.31. The van der Waals surface area contributed by atoms with Gasteiger partial charge >= 0.3 is 0 Å². The molecule has 1 aliphatic carbocycles. The van der Waals surface area contributed by atoms with Gasteiger partial charge in [0.25, 0.3) is 0 Å². The quantitative estimate of drug-likeness (QED) is 0.846. The average Bonchev–Trinajstić information content (AvgIpc) is 2.39. The van der Waals surface area contributed by atoms with Crippen molar-refractivity contribution in [2.45, 2.75) is 51.6 Å². The molecule has 0 spiro atoms. The maximum Gasteiger partial charge on any atom is 0.129 e. The third kappa shape index (κ3) is 3.46. The first-order chi connectivity index (χ1) is 8.68. The molecule has 1 atom stereocenters. The summed E-state index contributed by atoms with van der Waals surface area (Å²) in [5, 5.41) is 3.94. The van der Waals surface area contributed by atoms with Gasteiger partial charge in [0.1, 0.15) is 5.82 Å². The number of benzene rings is 1. The first kappa shape index (κ1) is 13.8. The maximum atomic E-state index is 13.6. The molecule has 1 saturated carbocycles. The second-order valence-electron chi connectivity index (χ2n) is 5.27. The zero-order valence-corrected chi connectivity index (χ0v) is 11.6. The van der Waals surface area contributed by atoms with E-state index in [0.29, 0.717) is 23.2 Å². The highest BCUT2D eigenvalue weighted by atomic mass is 35.5. The van der Waals surface area contributed by atoms with Gasteiger partial charge in [0.15, 0.2) is 0 Å². The van der Waals surface area contributed by atoms with Crippen molar-refractivity contribution in [2.24, 2.45) is 5.92 Å². The number of hydrogen-bond donors (Lipinski definition) is 1. The second kappa shape index (κ2) is 6.53. The summed E-state index contributed by atoms with van der Waals surface area (Å²) in [6, 6.07) is 5.29. The third-order valence-electron chi connectivity index (χ3n) is 4.02. The van der Waals surface area contributed by atoms with Gasteiger partial charge in [0.2, 0.25) is 0 Å². The molecule has 1 aromatic rings. The topological polar surface area (TPSA) is 12.0 Å². The summed E-state index contributed by atoms with van der Waals surface area (Å²) in [7, 11) is 0. The summed E-state index contributed by atoms with van der Waals surface area (Å²) < 4.78 is 13.6. The predicted octanol–water partition coefficient (Wildman–Crippen LogP) is 4.54. The lowest BCUT2D eigenvalue weighted by atomic mass is 9.84. The summed E-state index contributed by atoms with van der Waals surface area (Å²) in [5.41, 5.74) is 0.585. The van der Waals surface area contributed by atoms with Crippen LogP contribution in [0.5, 0.6) is 0 Å². The molecule has 3 heteroatoms. The van der Waals surface area contributed by atoms with Crippen molar-refractivity contribution in [1.82, 2.24) is 5.32 Å². The molecule has 0 heterocycles. The van der Waals surface area contributed by atoms with Gasteiger partial charge in [-0.3, -0.25) is 0 Å². The van der Waals surface area contributed by atoms with Gasteiger partial charge in [-0.1, -0.05) is 36.9 Å². The lowest BCUT2D eigenvalue weighted by Gasteiger charge is -2.28. The average molecular weight is 270 g/mol. The van der Waals surface area contributed by atoms with Gasteiger partial charge in [0, 0.05) is 23.2 Å². The second-order valence-corrected chi connectivity index (χ2v) is 5.68. The summed E-state index contributed by atoms with van der Waals surface area (Å²) >= 11 is 6.02. The van der Waals surface area contributed by atoms with E-state index in [2.05, 4.69) is 12.2 Å². The van der Waals surface area contributed by atoms with Crippen molar-refractivity contribution in [3.8, 4) is 0 Å². The van der Waals surface area contributed by atoms with Crippen molar-refractivity contribution >= 4 is 11.6 Å². The number of nitrogens with one attached hydrogen (secondary N) is 1. The molecule has 0 unspecified atom stereocenters. The van der Waals surface area contributed by atoms with Crippen molar-refractivity contribution in [1.29, 1.82) is 0 Å². The van der Waals surface area contributed by atoms with Crippen molar-refractivity contribution in [2.75, 3.05) is 0 Å². The van der Waals surface area contributed by atoms with Crippen LogP contribution in [0.3, 0.4) is 0 Å². The highest BCUT2D eigenvalue weighted by Crippen LogP contribution is 2.27. The van der Waals surface area contributed by atoms with Gasteiger partial charge in [-0.05, 0) is 37.8 Å². The van der Waals surface area contributed by atoms with E-state index in [-0.39, 0.29) is 5.82 Å². The minimum absolute atomic E-state index is 0.217. The lowest BCUT2D eigenvalue weighted by Crippen LogP contribution is -2.34. The molecule has 1 aromatic carbocycles. The molecule has 0 aromatic heterocycles. The lowest BCUT2D eigenvalue weighted by molar-refractivity contribution is 0.280. The molecule has 0 bridgehead atoms. The minimum Gasteiger partial charge on any atom is -0.310 e. The monoisotopic (exact) mass is 269 g/mol. The molecule has 0 aliphatic heterocycles. The minimum atomic E-state index is -0.217. The molecule has 100 valence electrons. The Balaban J connectivity index is 1.90. The summed E-state index contributed by atoms with van der Waals surface area (Å²) in [4.78, 5) is 0. The van der Waals surface area contributed by atoms with Gasteiger partial charge in [-0.25, -0.2) is 4.39 Å². The van der Waals surface area contributed by atoms with Crippen molar-refractivity contribution in [3.63, 3.8) is 0 Å². The Hall–Kier alpha value is -0.600. The Morgan fingerprint density at radius 1 is 1.33 bits per heavy atom. The van der Waals surface area contributed by atoms with Gasteiger partial charge in [-0.2, -0.15) is 0 Å². The van der Waals surface area contributed by atoms with Crippen LogP contribution in [0, 0.1) is 11.7 Å². The van der Waals surface area contributed by atoms with Gasteiger partial charge in [0.05, 0.1) is 0 Å².